The standard InChI is InChI=1S/C21H22ClN3O2/c1-14-3-6-18-17(11-14)20(26)21(27)25(18)13-23-7-9-24(10-8-23)19-12-16(22)5-4-15(19)2/h3-6,11-12H,7-10,13H2,1-2H3. The lowest BCUT2D eigenvalue weighted by Gasteiger charge is -2.38. The number of rotatable bonds is 3. The normalized spacial score (nSPS) is 17.6. The van der Waals surface area contributed by atoms with E-state index in [2.05, 4.69) is 16.7 Å². The molecule has 6 heteroatoms. The highest BCUT2D eigenvalue weighted by Crippen LogP contribution is 2.30. The number of aryl methyl sites for hydroxylation is 2. The lowest BCUT2D eigenvalue weighted by atomic mass is 10.1. The van der Waals surface area contributed by atoms with E-state index >= 15 is 0 Å². The number of carbonyl (C=O) groups is 2. The van der Waals surface area contributed by atoms with Gasteiger partial charge in [0.1, 0.15) is 0 Å². The maximum atomic E-state index is 12.4. The van der Waals surface area contributed by atoms with Gasteiger partial charge in [0.25, 0.3) is 5.78 Å². The van der Waals surface area contributed by atoms with Crippen LogP contribution >= 0.6 is 11.6 Å². The molecule has 2 aromatic carbocycles. The highest BCUT2D eigenvalue weighted by Gasteiger charge is 2.37. The predicted octanol–water partition coefficient (Wildman–Crippen LogP) is 3.27. The van der Waals surface area contributed by atoms with Gasteiger partial charge in [-0.3, -0.25) is 19.4 Å². The van der Waals surface area contributed by atoms with Gasteiger partial charge in [-0.15, -0.1) is 0 Å². The molecule has 0 aliphatic carbocycles. The summed E-state index contributed by atoms with van der Waals surface area (Å²) in [4.78, 5) is 30.9. The summed E-state index contributed by atoms with van der Waals surface area (Å²) >= 11 is 6.15. The van der Waals surface area contributed by atoms with Crippen molar-refractivity contribution >= 4 is 34.7 Å². The van der Waals surface area contributed by atoms with Gasteiger partial charge >= 0.3 is 5.91 Å². The van der Waals surface area contributed by atoms with Crippen LogP contribution in [0.3, 0.4) is 0 Å². The van der Waals surface area contributed by atoms with Crippen LogP contribution in [0, 0.1) is 13.8 Å². The molecule has 2 heterocycles. The predicted molar refractivity (Wildman–Crippen MR) is 108 cm³/mol. The zero-order chi connectivity index (χ0) is 19.1. The first kappa shape index (κ1) is 18.0. The highest BCUT2D eigenvalue weighted by molar-refractivity contribution is 6.52. The third kappa shape index (κ3) is 3.33. The Hall–Kier alpha value is -2.37. The maximum absolute atomic E-state index is 12.4. The minimum Gasteiger partial charge on any atom is -0.369 e. The van der Waals surface area contributed by atoms with E-state index in [9.17, 15) is 9.59 Å². The topological polar surface area (TPSA) is 43.9 Å². The first-order valence-corrected chi connectivity index (χ1v) is 9.52. The van der Waals surface area contributed by atoms with Crippen molar-refractivity contribution in [3.05, 3.63) is 58.1 Å². The van der Waals surface area contributed by atoms with Gasteiger partial charge in [0, 0.05) is 36.9 Å². The highest BCUT2D eigenvalue weighted by atomic mass is 35.5. The summed E-state index contributed by atoms with van der Waals surface area (Å²) in [5.74, 6) is -0.828. The molecule has 0 radical (unpaired) electrons. The first-order valence-electron chi connectivity index (χ1n) is 9.14. The van der Waals surface area contributed by atoms with Crippen LogP contribution in [0.15, 0.2) is 36.4 Å². The molecule has 5 nitrogen and oxygen atoms in total. The van der Waals surface area contributed by atoms with Gasteiger partial charge < -0.3 is 4.90 Å². The van der Waals surface area contributed by atoms with Crippen molar-refractivity contribution < 1.29 is 9.59 Å². The lowest BCUT2D eigenvalue weighted by molar-refractivity contribution is -0.114. The van der Waals surface area contributed by atoms with Gasteiger partial charge in [-0.2, -0.15) is 0 Å². The van der Waals surface area contributed by atoms with Crippen LogP contribution in [0.2, 0.25) is 5.02 Å². The molecule has 2 aromatic rings. The van der Waals surface area contributed by atoms with E-state index in [1.54, 1.807) is 11.0 Å². The molecule has 2 aliphatic rings. The fraction of sp³-hybridized carbons (Fsp3) is 0.333. The molecule has 0 spiro atoms. The zero-order valence-corrected chi connectivity index (χ0v) is 16.3. The zero-order valence-electron chi connectivity index (χ0n) is 15.5. The second kappa shape index (κ2) is 6.98. The van der Waals surface area contributed by atoms with Crippen LogP contribution in [0.1, 0.15) is 21.5 Å². The van der Waals surface area contributed by atoms with E-state index in [1.807, 2.05) is 37.3 Å². The Morgan fingerprint density at radius 1 is 0.926 bits per heavy atom. The molecule has 1 fully saturated rings. The molecule has 1 saturated heterocycles. The number of hydrogen-bond acceptors (Lipinski definition) is 4. The van der Waals surface area contributed by atoms with E-state index in [4.69, 9.17) is 11.6 Å². The Kier molecular flexibility index (Phi) is 4.66. The molecule has 27 heavy (non-hydrogen) atoms. The summed E-state index contributed by atoms with van der Waals surface area (Å²) in [6.07, 6.45) is 0. The van der Waals surface area contributed by atoms with E-state index in [1.165, 1.54) is 5.56 Å². The minimum absolute atomic E-state index is 0.401. The first-order chi connectivity index (χ1) is 12.9. The quantitative estimate of drug-likeness (QED) is 0.763. The molecule has 0 bridgehead atoms. The van der Waals surface area contributed by atoms with E-state index in [0.29, 0.717) is 12.2 Å². The third-order valence-electron chi connectivity index (χ3n) is 5.35. The van der Waals surface area contributed by atoms with E-state index in [-0.39, 0.29) is 0 Å². The number of benzene rings is 2. The molecule has 0 atom stereocenters. The van der Waals surface area contributed by atoms with E-state index in [0.717, 1.165) is 48.1 Å². The molecule has 2 aliphatic heterocycles. The third-order valence-corrected chi connectivity index (χ3v) is 5.59. The summed E-state index contributed by atoms with van der Waals surface area (Å²) in [6, 6.07) is 11.6. The van der Waals surface area contributed by atoms with Crippen molar-refractivity contribution in [1.82, 2.24) is 4.90 Å². The van der Waals surface area contributed by atoms with Crippen molar-refractivity contribution in [2.45, 2.75) is 13.8 Å². The van der Waals surface area contributed by atoms with Crippen LogP contribution in [-0.2, 0) is 4.79 Å². The maximum Gasteiger partial charge on any atom is 0.300 e. The number of carbonyl (C=O) groups excluding carboxylic acids is 2. The van der Waals surface area contributed by atoms with Crippen molar-refractivity contribution in [2.24, 2.45) is 0 Å². The summed E-state index contributed by atoms with van der Waals surface area (Å²) in [6.45, 7) is 7.83. The van der Waals surface area contributed by atoms with Crippen molar-refractivity contribution in [3.8, 4) is 0 Å². The van der Waals surface area contributed by atoms with Crippen molar-refractivity contribution in [1.29, 1.82) is 0 Å². The monoisotopic (exact) mass is 383 g/mol. The number of ketones is 1. The molecule has 4 rings (SSSR count). The molecule has 0 saturated carbocycles. The second-order valence-corrected chi connectivity index (χ2v) is 7.70. The molecule has 0 N–H and O–H groups in total. The van der Waals surface area contributed by atoms with Crippen LogP contribution < -0.4 is 9.80 Å². The number of hydrogen-bond donors (Lipinski definition) is 0. The lowest BCUT2D eigenvalue weighted by Crippen LogP contribution is -2.51. The second-order valence-electron chi connectivity index (χ2n) is 7.26. The number of amides is 1. The van der Waals surface area contributed by atoms with E-state index < -0.39 is 11.7 Å². The smallest absolute Gasteiger partial charge is 0.300 e. The SMILES string of the molecule is Cc1ccc2c(c1)C(=O)C(=O)N2CN1CCN(c2cc(Cl)ccc2C)CC1. The summed E-state index contributed by atoms with van der Waals surface area (Å²) < 4.78 is 0. The Bertz CT molecular complexity index is 920. The molecule has 140 valence electrons. The summed E-state index contributed by atoms with van der Waals surface area (Å²) in [5, 5.41) is 0.742. The molecular formula is C21H22ClN3O2. The van der Waals surface area contributed by atoms with Gasteiger partial charge in [-0.1, -0.05) is 29.3 Å². The van der Waals surface area contributed by atoms with Crippen molar-refractivity contribution in [2.75, 3.05) is 42.6 Å². The molecule has 1 amide bonds. The number of Topliss-reactive ketones (excluding diaryl/α,β-unsaturated/α-hetero) is 1. The fourth-order valence-electron chi connectivity index (χ4n) is 3.81. The van der Waals surface area contributed by atoms with Crippen molar-refractivity contribution in [3.63, 3.8) is 0 Å². The Morgan fingerprint density at radius 3 is 2.41 bits per heavy atom. The van der Waals surface area contributed by atoms with Gasteiger partial charge in [0.05, 0.1) is 17.9 Å². The van der Waals surface area contributed by atoms with Gasteiger partial charge in [0.2, 0.25) is 0 Å². The number of nitrogens with zero attached hydrogens (tertiary/aromatic N) is 3. The van der Waals surface area contributed by atoms with Gasteiger partial charge in [-0.25, -0.2) is 0 Å². The number of halogens is 1. The number of fused-ring (bicyclic) bond motifs is 1. The summed E-state index contributed by atoms with van der Waals surface area (Å²) in [5.41, 5.74) is 4.60. The summed E-state index contributed by atoms with van der Waals surface area (Å²) in [7, 11) is 0. The average molecular weight is 384 g/mol. The van der Waals surface area contributed by atoms with Gasteiger partial charge in [-0.05, 0) is 43.7 Å². The van der Waals surface area contributed by atoms with Crippen LogP contribution in [0.4, 0.5) is 11.4 Å². The average Bonchev–Trinajstić information content (AvgIpc) is 2.89. The van der Waals surface area contributed by atoms with Crippen LogP contribution in [0.5, 0.6) is 0 Å². The van der Waals surface area contributed by atoms with Gasteiger partial charge in [0.15, 0.2) is 0 Å². The molecule has 0 aromatic heterocycles. The largest absolute Gasteiger partial charge is 0.369 e. The Balaban J connectivity index is 1.45. The van der Waals surface area contributed by atoms with Crippen LogP contribution in [-0.4, -0.2) is 49.4 Å². The van der Waals surface area contributed by atoms with Crippen LogP contribution in [0.25, 0.3) is 0 Å². The minimum atomic E-state index is -0.427. The Morgan fingerprint density at radius 2 is 1.67 bits per heavy atom. The fourth-order valence-corrected chi connectivity index (χ4v) is 3.97. The number of anilines is 2. The molecule has 0 unspecified atom stereocenters. The Labute approximate surface area is 164 Å². The molecular weight excluding hydrogens is 362 g/mol. The number of piperazine rings is 1.